The van der Waals surface area contributed by atoms with E-state index >= 15 is 0 Å². The zero-order valence-electron chi connectivity index (χ0n) is 23.3. The van der Waals surface area contributed by atoms with Gasteiger partial charge in [-0.2, -0.15) is 15.3 Å². The van der Waals surface area contributed by atoms with Crippen molar-refractivity contribution in [1.82, 2.24) is 44.6 Å². The van der Waals surface area contributed by atoms with Crippen molar-refractivity contribution >= 4 is 0 Å². The SMILES string of the molecule is CCn1ccc(Cc2ncc3c(n2)-c2c(nn(C)c2-c2ccc(-c4cnn(CCNCCOC)c4)cc2)CC3)n1. The summed E-state index contributed by atoms with van der Waals surface area (Å²) in [5.74, 6) is 0.781. The minimum atomic E-state index is 0.608. The monoisotopic (exact) mass is 537 g/mol. The Morgan fingerprint density at radius 1 is 0.950 bits per heavy atom. The zero-order valence-corrected chi connectivity index (χ0v) is 23.3. The first-order valence-electron chi connectivity index (χ1n) is 13.9. The van der Waals surface area contributed by atoms with E-state index in [1.807, 2.05) is 45.7 Å². The summed E-state index contributed by atoms with van der Waals surface area (Å²) in [6.45, 7) is 6.15. The molecular formula is C30H35N9O. The van der Waals surface area contributed by atoms with Crippen LogP contribution in [0.25, 0.3) is 33.6 Å². The van der Waals surface area contributed by atoms with Crippen LogP contribution in [0.3, 0.4) is 0 Å². The topological polar surface area (TPSA) is 100 Å². The van der Waals surface area contributed by atoms with Gasteiger partial charge in [-0.05, 0) is 37.0 Å². The van der Waals surface area contributed by atoms with Crippen molar-refractivity contribution < 1.29 is 4.74 Å². The third kappa shape index (κ3) is 5.32. The molecule has 10 nitrogen and oxygen atoms in total. The fourth-order valence-electron chi connectivity index (χ4n) is 5.30. The molecule has 4 aromatic heterocycles. The highest BCUT2D eigenvalue weighted by atomic mass is 16.5. The molecule has 5 aromatic rings. The Bertz CT molecular complexity index is 1600. The van der Waals surface area contributed by atoms with Crippen molar-refractivity contribution in [3.63, 3.8) is 0 Å². The second kappa shape index (κ2) is 11.5. The van der Waals surface area contributed by atoms with E-state index in [9.17, 15) is 0 Å². The Hall–Kier alpha value is -4.15. The van der Waals surface area contributed by atoms with E-state index in [0.717, 1.165) is 89.9 Å². The zero-order chi connectivity index (χ0) is 27.5. The summed E-state index contributed by atoms with van der Waals surface area (Å²) < 4.78 is 11.0. The highest BCUT2D eigenvalue weighted by molar-refractivity contribution is 5.84. The predicted octanol–water partition coefficient (Wildman–Crippen LogP) is 3.55. The van der Waals surface area contributed by atoms with Gasteiger partial charge in [0.1, 0.15) is 5.82 Å². The smallest absolute Gasteiger partial charge is 0.134 e. The van der Waals surface area contributed by atoms with E-state index in [2.05, 4.69) is 57.9 Å². The second-order valence-corrected chi connectivity index (χ2v) is 10.1. The molecule has 6 rings (SSSR count). The van der Waals surface area contributed by atoms with Crippen LogP contribution in [-0.2, 0) is 44.1 Å². The molecule has 1 aliphatic carbocycles. The maximum absolute atomic E-state index is 5.08. The molecule has 1 aliphatic rings. The molecule has 0 saturated heterocycles. The highest BCUT2D eigenvalue weighted by Gasteiger charge is 2.27. The summed E-state index contributed by atoms with van der Waals surface area (Å²) in [5, 5.41) is 17.4. The molecule has 0 spiro atoms. The largest absolute Gasteiger partial charge is 0.383 e. The van der Waals surface area contributed by atoms with Crippen molar-refractivity contribution in [3.05, 3.63) is 77.9 Å². The fourth-order valence-corrected chi connectivity index (χ4v) is 5.30. The van der Waals surface area contributed by atoms with Crippen LogP contribution >= 0.6 is 0 Å². The first-order valence-corrected chi connectivity index (χ1v) is 13.9. The molecule has 40 heavy (non-hydrogen) atoms. The summed E-state index contributed by atoms with van der Waals surface area (Å²) in [7, 11) is 3.73. The van der Waals surface area contributed by atoms with E-state index < -0.39 is 0 Å². The summed E-state index contributed by atoms with van der Waals surface area (Å²) in [6.07, 6.45) is 10.4. The number of aryl methyl sites for hydroxylation is 4. The first kappa shape index (κ1) is 26.1. The summed E-state index contributed by atoms with van der Waals surface area (Å²) in [6, 6.07) is 10.7. The quantitative estimate of drug-likeness (QED) is 0.257. The molecule has 0 unspecified atom stereocenters. The number of methoxy groups -OCH3 is 1. The van der Waals surface area contributed by atoms with Crippen molar-refractivity contribution in [1.29, 1.82) is 0 Å². The average Bonchev–Trinajstić information content (AvgIpc) is 3.71. The fraction of sp³-hybridized carbons (Fsp3) is 0.367. The molecule has 10 heteroatoms. The van der Waals surface area contributed by atoms with Crippen LogP contribution in [-0.4, -0.2) is 66.1 Å². The third-order valence-corrected chi connectivity index (χ3v) is 7.39. The maximum Gasteiger partial charge on any atom is 0.134 e. The van der Waals surface area contributed by atoms with Crippen LogP contribution in [0.4, 0.5) is 0 Å². The van der Waals surface area contributed by atoms with Crippen LogP contribution < -0.4 is 5.32 Å². The molecule has 0 fully saturated rings. The van der Waals surface area contributed by atoms with Crippen LogP contribution in [0.5, 0.6) is 0 Å². The number of hydrogen-bond acceptors (Lipinski definition) is 7. The van der Waals surface area contributed by atoms with Gasteiger partial charge in [-0.15, -0.1) is 0 Å². The van der Waals surface area contributed by atoms with Gasteiger partial charge in [0.05, 0.1) is 48.5 Å². The van der Waals surface area contributed by atoms with Crippen LogP contribution in [0.1, 0.15) is 29.7 Å². The van der Waals surface area contributed by atoms with Gasteiger partial charge < -0.3 is 10.1 Å². The lowest BCUT2D eigenvalue weighted by atomic mass is 9.91. The van der Waals surface area contributed by atoms with Crippen molar-refractivity contribution in [2.24, 2.45) is 7.05 Å². The van der Waals surface area contributed by atoms with E-state index in [1.165, 1.54) is 5.56 Å². The van der Waals surface area contributed by atoms with Gasteiger partial charge in [-0.3, -0.25) is 14.0 Å². The first-order chi connectivity index (χ1) is 19.6. The number of fused-ring (bicyclic) bond motifs is 3. The Morgan fingerprint density at radius 3 is 2.60 bits per heavy atom. The van der Waals surface area contributed by atoms with Crippen LogP contribution in [0, 0.1) is 0 Å². The highest BCUT2D eigenvalue weighted by Crippen LogP contribution is 2.39. The number of nitrogens with one attached hydrogen (secondary N) is 1. The average molecular weight is 538 g/mol. The summed E-state index contributed by atoms with van der Waals surface area (Å²) in [5.41, 5.74) is 9.79. The van der Waals surface area contributed by atoms with Crippen LogP contribution in [0.15, 0.2) is 55.1 Å². The number of rotatable bonds is 11. The predicted molar refractivity (Wildman–Crippen MR) is 154 cm³/mol. The number of aromatic nitrogens is 8. The van der Waals surface area contributed by atoms with Crippen molar-refractivity contribution in [2.45, 2.75) is 39.3 Å². The van der Waals surface area contributed by atoms with Gasteiger partial charge in [0, 0.05) is 69.1 Å². The molecule has 4 heterocycles. The van der Waals surface area contributed by atoms with E-state index in [-0.39, 0.29) is 0 Å². The Balaban J connectivity index is 1.24. The number of ether oxygens (including phenoxy) is 1. The molecule has 0 radical (unpaired) electrons. The van der Waals surface area contributed by atoms with E-state index in [1.54, 1.807) is 7.11 Å². The molecule has 0 atom stereocenters. The molecule has 0 amide bonds. The maximum atomic E-state index is 5.08. The molecular weight excluding hydrogens is 502 g/mol. The van der Waals surface area contributed by atoms with Gasteiger partial charge >= 0.3 is 0 Å². The normalized spacial score (nSPS) is 12.5. The number of benzene rings is 1. The second-order valence-electron chi connectivity index (χ2n) is 10.1. The van der Waals surface area contributed by atoms with Crippen molar-refractivity contribution in [3.8, 4) is 33.6 Å². The molecule has 1 N–H and O–H groups in total. The molecule has 0 bridgehead atoms. The van der Waals surface area contributed by atoms with Crippen molar-refractivity contribution in [2.75, 3.05) is 26.8 Å². The lowest BCUT2D eigenvalue weighted by Gasteiger charge is -2.16. The van der Waals surface area contributed by atoms with Gasteiger partial charge in [0.25, 0.3) is 0 Å². The summed E-state index contributed by atoms with van der Waals surface area (Å²) in [4.78, 5) is 9.73. The minimum absolute atomic E-state index is 0.608. The van der Waals surface area contributed by atoms with E-state index in [4.69, 9.17) is 14.8 Å². The Kier molecular flexibility index (Phi) is 7.52. The Morgan fingerprint density at radius 2 is 1.80 bits per heavy atom. The van der Waals surface area contributed by atoms with Gasteiger partial charge in [0.2, 0.25) is 0 Å². The van der Waals surface area contributed by atoms with Gasteiger partial charge in [-0.25, -0.2) is 9.97 Å². The van der Waals surface area contributed by atoms with Crippen LogP contribution in [0.2, 0.25) is 0 Å². The molecule has 0 saturated carbocycles. The van der Waals surface area contributed by atoms with E-state index in [0.29, 0.717) is 13.0 Å². The molecule has 0 aliphatic heterocycles. The number of hydrogen-bond donors (Lipinski definition) is 1. The third-order valence-electron chi connectivity index (χ3n) is 7.39. The number of nitrogens with zero attached hydrogens (tertiary/aromatic N) is 8. The minimum Gasteiger partial charge on any atom is -0.383 e. The molecule has 1 aromatic carbocycles. The standard InChI is InChI=1S/C30H35N9O/c1-4-38-14-11-25(35-38)17-27-32-18-23-9-10-26-28(29(23)34-27)30(37(2)36-26)22-7-5-21(6-8-22)24-19-33-39(20-24)15-12-31-13-16-40-3/h5-8,11,14,18-20,31H,4,9-10,12-13,15-17H2,1-3H3. The van der Waals surface area contributed by atoms with Gasteiger partial charge in [0.15, 0.2) is 0 Å². The Labute approximate surface area is 234 Å². The lowest BCUT2D eigenvalue weighted by Crippen LogP contribution is -2.23. The lowest BCUT2D eigenvalue weighted by molar-refractivity contribution is 0.199. The molecule has 206 valence electrons. The summed E-state index contributed by atoms with van der Waals surface area (Å²) >= 11 is 0. The van der Waals surface area contributed by atoms with Gasteiger partial charge in [-0.1, -0.05) is 24.3 Å².